The number of fused-ring (bicyclic) bond motifs is 1. The van der Waals surface area contributed by atoms with Gasteiger partial charge in [-0.15, -0.1) is 0 Å². The molecule has 9 nitrogen and oxygen atoms in total. The molecular weight excluding hydrogens is 451 g/mol. The summed E-state index contributed by atoms with van der Waals surface area (Å²) in [4.78, 5) is 10.0. The number of nitrogens with one attached hydrogen (secondary N) is 1. The molecule has 1 aliphatic heterocycles. The molecule has 4 N–H and O–H groups in total. The maximum Gasteiger partial charge on any atom is 0.405 e. The summed E-state index contributed by atoms with van der Waals surface area (Å²) in [5.41, 5.74) is 5.12. The summed E-state index contributed by atoms with van der Waals surface area (Å²) < 4.78 is 47.2. The first-order chi connectivity index (χ1) is 15.4. The van der Waals surface area contributed by atoms with E-state index >= 15 is 0 Å². The third kappa shape index (κ3) is 6.80. The fraction of sp³-hybridized carbons (Fsp3) is 0.409. The Hall–Kier alpha value is -2.89. The van der Waals surface area contributed by atoms with E-state index in [1.807, 2.05) is 0 Å². The first-order valence-electron chi connectivity index (χ1n) is 10.4. The number of ether oxygens (including phenoxy) is 1. The molecule has 1 amide bonds. The topological polar surface area (TPSA) is 125 Å². The zero-order chi connectivity index (χ0) is 24.8. The predicted octanol–water partition coefficient (Wildman–Crippen LogP) is 2.88. The number of aliphatic hydroxyl groups excluding tert-OH is 1. The maximum atomic E-state index is 14.2. The molecule has 182 valence electrons. The molecule has 0 saturated carbocycles. The van der Waals surface area contributed by atoms with Gasteiger partial charge in [0.2, 0.25) is 0 Å². The van der Waals surface area contributed by atoms with Crippen LogP contribution in [0.15, 0.2) is 48.5 Å². The van der Waals surface area contributed by atoms with Crippen molar-refractivity contribution in [1.29, 1.82) is 0 Å². The maximum absolute atomic E-state index is 14.2. The Morgan fingerprint density at radius 2 is 1.67 bits per heavy atom. The van der Waals surface area contributed by atoms with Crippen LogP contribution < -0.4 is 19.7 Å². The van der Waals surface area contributed by atoms with Crippen LogP contribution in [0.4, 0.5) is 26.2 Å². The van der Waals surface area contributed by atoms with Gasteiger partial charge in [0.1, 0.15) is 11.4 Å². The Morgan fingerprint density at radius 1 is 1.12 bits per heavy atom. The standard InChI is InChI=1S/C17H20FN3O3S.C5H11NO2/c1-19-12-13(22)10-11-20-16-8-4-5-9-17(16)21(25(20,23)24)15-7-3-2-6-14(15)18;1-5(2,3)8-4(6)7/h2-9,13,19,22H,10-12H2,1H3;1-3H3,(H2,6,7). The highest BCUT2D eigenvalue weighted by atomic mass is 32.2. The molecule has 2 aromatic carbocycles. The van der Waals surface area contributed by atoms with Gasteiger partial charge in [-0.25, -0.2) is 13.5 Å². The number of carbonyl (C=O) groups is 1. The van der Waals surface area contributed by atoms with E-state index in [4.69, 9.17) is 5.73 Å². The Kier molecular flexibility index (Phi) is 8.64. The van der Waals surface area contributed by atoms with Gasteiger partial charge in [-0.2, -0.15) is 8.42 Å². The van der Waals surface area contributed by atoms with E-state index < -0.39 is 33.8 Å². The molecule has 0 fully saturated rings. The smallest absolute Gasteiger partial charge is 0.405 e. The normalized spacial score (nSPS) is 15.3. The molecule has 0 aliphatic carbocycles. The van der Waals surface area contributed by atoms with E-state index in [2.05, 4.69) is 10.1 Å². The summed E-state index contributed by atoms with van der Waals surface area (Å²) >= 11 is 0. The lowest BCUT2D eigenvalue weighted by molar-refractivity contribution is 0.0600. The number of hydrogen-bond acceptors (Lipinski definition) is 6. The molecule has 0 aromatic heterocycles. The molecule has 0 saturated heterocycles. The number of primary amides is 1. The monoisotopic (exact) mass is 482 g/mol. The number of hydrogen-bond donors (Lipinski definition) is 3. The number of anilines is 3. The van der Waals surface area contributed by atoms with Gasteiger partial charge in [0, 0.05) is 13.1 Å². The number of nitrogens with zero attached hydrogens (tertiary/aromatic N) is 2. The van der Waals surface area contributed by atoms with E-state index in [1.165, 1.54) is 22.5 Å². The fourth-order valence-electron chi connectivity index (χ4n) is 3.21. The highest BCUT2D eigenvalue weighted by molar-refractivity contribution is 7.95. The quantitative estimate of drug-likeness (QED) is 0.581. The highest BCUT2D eigenvalue weighted by Gasteiger charge is 2.42. The third-order valence-corrected chi connectivity index (χ3v) is 6.25. The fourth-order valence-corrected chi connectivity index (χ4v) is 4.94. The van der Waals surface area contributed by atoms with Crippen molar-refractivity contribution in [2.45, 2.75) is 38.9 Å². The minimum absolute atomic E-state index is 0.0202. The molecule has 11 heteroatoms. The van der Waals surface area contributed by atoms with Crippen molar-refractivity contribution in [1.82, 2.24) is 5.32 Å². The molecule has 0 bridgehead atoms. The van der Waals surface area contributed by atoms with Gasteiger partial charge in [-0.1, -0.05) is 24.3 Å². The molecular formula is C22H31FN4O5S. The first-order valence-corrected chi connectivity index (χ1v) is 11.8. The van der Waals surface area contributed by atoms with Crippen LogP contribution in [0.5, 0.6) is 0 Å². The van der Waals surface area contributed by atoms with E-state index in [9.17, 15) is 22.7 Å². The lowest BCUT2D eigenvalue weighted by atomic mass is 10.2. The largest absolute Gasteiger partial charge is 0.444 e. The Bertz CT molecular complexity index is 1060. The van der Waals surface area contributed by atoms with Gasteiger partial charge in [-0.3, -0.25) is 4.31 Å². The number of amides is 1. The number of halogens is 1. The number of benzene rings is 2. The number of carbonyl (C=O) groups excluding carboxylic acids is 1. The first kappa shape index (κ1) is 26.4. The van der Waals surface area contributed by atoms with Crippen molar-refractivity contribution >= 4 is 33.4 Å². The SMILES string of the molecule is CC(C)(C)OC(N)=O.CNCC(O)CCN1c2ccccc2N(c2ccccc2F)S1(=O)=O. The van der Waals surface area contributed by atoms with E-state index in [1.54, 1.807) is 58.2 Å². The van der Waals surface area contributed by atoms with Crippen LogP contribution in [-0.2, 0) is 14.9 Å². The molecule has 3 rings (SSSR count). The zero-order valence-electron chi connectivity index (χ0n) is 19.2. The van der Waals surface area contributed by atoms with Crippen LogP contribution in [-0.4, -0.2) is 51.5 Å². The molecule has 1 unspecified atom stereocenters. The van der Waals surface area contributed by atoms with Gasteiger partial charge in [0.25, 0.3) is 0 Å². The van der Waals surface area contributed by atoms with Gasteiger partial charge in [0.05, 0.1) is 23.2 Å². The summed E-state index contributed by atoms with van der Waals surface area (Å²) in [5, 5.41) is 12.7. The average molecular weight is 483 g/mol. The molecule has 2 aromatic rings. The third-order valence-electron chi connectivity index (χ3n) is 4.46. The summed E-state index contributed by atoms with van der Waals surface area (Å²) in [6.07, 6.45) is -1.13. The van der Waals surface area contributed by atoms with E-state index in [0.717, 1.165) is 4.31 Å². The van der Waals surface area contributed by atoms with Crippen LogP contribution in [0.1, 0.15) is 27.2 Å². The zero-order valence-corrected chi connectivity index (χ0v) is 20.0. The Labute approximate surface area is 194 Å². The lowest BCUT2D eigenvalue weighted by Gasteiger charge is -2.23. The summed E-state index contributed by atoms with van der Waals surface area (Å²) in [6.45, 7) is 5.76. The minimum atomic E-state index is -3.98. The number of nitrogens with two attached hydrogens (primary N) is 1. The van der Waals surface area contributed by atoms with Crippen LogP contribution in [0.25, 0.3) is 0 Å². The van der Waals surface area contributed by atoms with Gasteiger partial charge >= 0.3 is 16.3 Å². The van der Waals surface area contributed by atoms with E-state index in [0.29, 0.717) is 17.9 Å². The average Bonchev–Trinajstić information content (AvgIpc) is 2.91. The molecule has 0 radical (unpaired) electrons. The number of rotatable bonds is 6. The van der Waals surface area contributed by atoms with Crippen molar-refractivity contribution < 1.29 is 27.4 Å². The van der Waals surface area contributed by atoms with Gasteiger partial charge in [0.15, 0.2) is 0 Å². The molecule has 0 spiro atoms. The lowest BCUT2D eigenvalue weighted by Crippen LogP contribution is -2.38. The van der Waals surface area contributed by atoms with Crippen molar-refractivity contribution in [2.24, 2.45) is 5.73 Å². The molecule has 33 heavy (non-hydrogen) atoms. The molecule has 1 heterocycles. The molecule has 1 aliphatic rings. The van der Waals surface area contributed by atoms with E-state index in [-0.39, 0.29) is 18.7 Å². The predicted molar refractivity (Wildman–Crippen MR) is 126 cm³/mol. The minimum Gasteiger partial charge on any atom is -0.444 e. The van der Waals surface area contributed by atoms with Crippen LogP contribution in [0, 0.1) is 5.82 Å². The van der Waals surface area contributed by atoms with Crippen LogP contribution in [0.2, 0.25) is 0 Å². The van der Waals surface area contributed by atoms with Crippen LogP contribution >= 0.6 is 0 Å². The number of para-hydroxylation sites is 3. The van der Waals surface area contributed by atoms with Gasteiger partial charge < -0.3 is 20.9 Å². The highest BCUT2D eigenvalue weighted by Crippen LogP contribution is 2.45. The Morgan fingerprint density at radius 3 is 2.15 bits per heavy atom. The van der Waals surface area contributed by atoms with Crippen molar-refractivity contribution in [3.05, 3.63) is 54.3 Å². The second-order valence-electron chi connectivity index (χ2n) is 8.32. The number of aliphatic hydroxyl groups is 1. The molecule has 1 atom stereocenters. The van der Waals surface area contributed by atoms with Crippen molar-refractivity contribution in [2.75, 3.05) is 28.7 Å². The van der Waals surface area contributed by atoms with Crippen molar-refractivity contribution in [3.8, 4) is 0 Å². The second kappa shape index (κ2) is 10.8. The summed E-state index contributed by atoms with van der Waals surface area (Å²) in [6, 6.07) is 12.5. The van der Waals surface area contributed by atoms with Crippen LogP contribution in [0.3, 0.4) is 0 Å². The Balaban J connectivity index is 0.000000414. The summed E-state index contributed by atoms with van der Waals surface area (Å²) in [5.74, 6) is -0.613. The van der Waals surface area contributed by atoms with Crippen molar-refractivity contribution in [3.63, 3.8) is 0 Å². The second-order valence-corrected chi connectivity index (χ2v) is 10.0. The van der Waals surface area contributed by atoms with Gasteiger partial charge in [-0.05, 0) is 58.5 Å². The number of likely N-dealkylation sites (N-methyl/N-ethyl adjacent to an activating group) is 1. The summed E-state index contributed by atoms with van der Waals surface area (Å²) in [7, 11) is -2.26.